The molecular formula is C26H36ClF3N6S. The molecule has 0 amide bonds. The number of alkyl halides is 3. The lowest BCUT2D eigenvalue weighted by molar-refractivity contribution is -0.137. The second-order valence-electron chi connectivity index (χ2n) is 10.2. The van der Waals surface area contributed by atoms with Crippen LogP contribution in [-0.4, -0.2) is 62.3 Å². The second kappa shape index (κ2) is 11.5. The molecule has 0 radical (unpaired) electrons. The van der Waals surface area contributed by atoms with E-state index in [1.165, 1.54) is 23.9 Å². The van der Waals surface area contributed by atoms with Gasteiger partial charge >= 0.3 is 6.18 Å². The van der Waals surface area contributed by atoms with Crippen LogP contribution in [0.15, 0.2) is 40.1 Å². The number of fused-ring (bicyclic) bond motifs is 2. The smallest absolute Gasteiger partial charge is 0.380 e. The van der Waals surface area contributed by atoms with Gasteiger partial charge < -0.3 is 31.5 Å². The summed E-state index contributed by atoms with van der Waals surface area (Å²) in [5.74, 6) is 0. The van der Waals surface area contributed by atoms with Gasteiger partial charge in [0, 0.05) is 72.9 Å². The Morgan fingerprint density at radius 1 is 1.05 bits per heavy atom. The molecule has 0 aromatic heterocycles. The largest absolute Gasteiger partial charge is 0.416 e. The van der Waals surface area contributed by atoms with E-state index in [1.807, 2.05) is 6.07 Å². The minimum absolute atomic E-state index is 0. The summed E-state index contributed by atoms with van der Waals surface area (Å²) in [5, 5.41) is 10.4. The molecule has 5 rings (SSSR count). The van der Waals surface area contributed by atoms with E-state index in [2.05, 4.69) is 51.7 Å². The third-order valence-corrected chi connectivity index (χ3v) is 8.29. The average molecular weight is 557 g/mol. The maximum absolute atomic E-state index is 13.8. The van der Waals surface area contributed by atoms with Crippen LogP contribution in [0.2, 0.25) is 0 Å². The number of likely N-dealkylation sites (tertiary alicyclic amines) is 1. The first-order valence-electron chi connectivity index (χ1n) is 12.7. The summed E-state index contributed by atoms with van der Waals surface area (Å²) in [6.07, 6.45) is -2.66. The van der Waals surface area contributed by atoms with E-state index in [-0.39, 0.29) is 18.4 Å². The normalized spacial score (nSPS) is 22.5. The van der Waals surface area contributed by atoms with Gasteiger partial charge in [-0.1, -0.05) is 11.8 Å². The lowest BCUT2D eigenvalue weighted by atomic mass is 10.0. The van der Waals surface area contributed by atoms with Crippen molar-refractivity contribution in [2.75, 3.05) is 54.8 Å². The zero-order valence-electron chi connectivity index (χ0n) is 21.2. The molecule has 2 fully saturated rings. The molecule has 2 saturated heterocycles. The van der Waals surface area contributed by atoms with Gasteiger partial charge in [0.25, 0.3) is 0 Å². The van der Waals surface area contributed by atoms with Crippen molar-refractivity contribution in [2.24, 2.45) is 5.73 Å². The Balaban J connectivity index is 0.00000320. The molecule has 3 heterocycles. The van der Waals surface area contributed by atoms with Gasteiger partial charge in [-0.2, -0.15) is 13.2 Å². The lowest BCUT2D eigenvalue weighted by Gasteiger charge is -2.38. The van der Waals surface area contributed by atoms with Crippen molar-refractivity contribution < 1.29 is 13.2 Å². The molecule has 5 N–H and O–H groups in total. The number of hydrogen-bond acceptors (Lipinski definition) is 7. The highest BCUT2D eigenvalue weighted by molar-refractivity contribution is 7.99. The van der Waals surface area contributed by atoms with Gasteiger partial charge in [0.2, 0.25) is 0 Å². The fraction of sp³-hybridized carbons (Fsp3) is 0.538. The van der Waals surface area contributed by atoms with Crippen LogP contribution in [0.1, 0.15) is 32.3 Å². The number of nitrogens with two attached hydrogens (primary N) is 1. The highest BCUT2D eigenvalue weighted by atomic mass is 35.5. The molecule has 2 unspecified atom stereocenters. The minimum atomic E-state index is -4.41. The molecule has 0 bridgehead atoms. The van der Waals surface area contributed by atoms with Crippen LogP contribution in [0.25, 0.3) is 0 Å². The Labute approximate surface area is 227 Å². The molecule has 2 aromatic rings. The van der Waals surface area contributed by atoms with Gasteiger partial charge in [-0.25, -0.2) is 0 Å². The average Bonchev–Trinajstić information content (AvgIpc) is 2.82. The minimum Gasteiger partial charge on any atom is -0.380 e. The van der Waals surface area contributed by atoms with E-state index in [0.717, 1.165) is 67.5 Å². The Kier molecular flexibility index (Phi) is 8.75. The molecule has 204 valence electrons. The fourth-order valence-corrected chi connectivity index (χ4v) is 6.59. The predicted molar refractivity (Wildman–Crippen MR) is 149 cm³/mol. The summed E-state index contributed by atoms with van der Waals surface area (Å²) in [6, 6.07) is 9.65. The number of piperazine rings is 1. The number of anilines is 4. The van der Waals surface area contributed by atoms with Gasteiger partial charge in [-0.3, -0.25) is 0 Å². The first-order valence-corrected chi connectivity index (χ1v) is 13.6. The van der Waals surface area contributed by atoms with Gasteiger partial charge in [0.05, 0.1) is 22.6 Å². The highest BCUT2D eigenvalue weighted by Gasteiger charge is 2.34. The number of nitrogens with zero attached hydrogens (tertiary/aromatic N) is 2. The van der Waals surface area contributed by atoms with E-state index < -0.39 is 11.7 Å². The van der Waals surface area contributed by atoms with Gasteiger partial charge in [-0.05, 0) is 57.0 Å². The van der Waals surface area contributed by atoms with E-state index in [4.69, 9.17) is 5.73 Å². The molecule has 2 atom stereocenters. The predicted octanol–water partition coefficient (Wildman–Crippen LogP) is 5.36. The van der Waals surface area contributed by atoms with E-state index in [1.54, 1.807) is 0 Å². The van der Waals surface area contributed by atoms with Crippen LogP contribution in [0.5, 0.6) is 0 Å². The van der Waals surface area contributed by atoms with Gasteiger partial charge in [-0.15, -0.1) is 12.4 Å². The van der Waals surface area contributed by atoms with Crippen LogP contribution in [0.4, 0.5) is 35.9 Å². The van der Waals surface area contributed by atoms with Crippen LogP contribution in [-0.2, 0) is 6.18 Å². The third-order valence-electron chi connectivity index (χ3n) is 7.19. The van der Waals surface area contributed by atoms with Crippen molar-refractivity contribution in [3.63, 3.8) is 0 Å². The SMILES string of the molecule is CC1CN(c2ccc3c(c2)Sc2cc(C(F)(F)F)cc(NC4CCN(CCN)CC4)c2N3)CC(C)N1.Cl. The molecule has 3 aliphatic rings. The Morgan fingerprint density at radius 2 is 1.76 bits per heavy atom. The van der Waals surface area contributed by atoms with Crippen molar-refractivity contribution in [3.8, 4) is 0 Å². The van der Waals surface area contributed by atoms with E-state index in [0.29, 0.717) is 29.2 Å². The standard InChI is InChI=1S/C26H35F3N6S.ClH/c1-16-14-35(15-17(2)31-16)20-3-4-21-23(13-20)36-24-12-18(26(27,28)29)11-22(25(24)33-21)32-19-5-8-34(9-6-19)10-7-30;/h3-4,11-13,16-17,19,31-33H,5-10,14-15,30H2,1-2H3;1H. The zero-order valence-corrected chi connectivity index (χ0v) is 22.8. The number of hydrogen-bond donors (Lipinski definition) is 4. The second-order valence-corrected chi connectivity index (χ2v) is 11.3. The lowest BCUT2D eigenvalue weighted by Crippen LogP contribution is -2.54. The van der Waals surface area contributed by atoms with Crippen molar-refractivity contribution in [3.05, 3.63) is 35.9 Å². The molecule has 0 aliphatic carbocycles. The highest BCUT2D eigenvalue weighted by Crippen LogP contribution is 2.50. The Hall–Kier alpha value is -1.85. The first-order chi connectivity index (χ1) is 17.2. The van der Waals surface area contributed by atoms with E-state index in [9.17, 15) is 13.2 Å². The van der Waals surface area contributed by atoms with Crippen molar-refractivity contribution >= 4 is 46.9 Å². The quantitative estimate of drug-likeness (QED) is 0.337. The fourth-order valence-electron chi connectivity index (χ4n) is 5.49. The molecule has 0 saturated carbocycles. The zero-order chi connectivity index (χ0) is 25.4. The molecule has 11 heteroatoms. The number of halogens is 4. The molecule has 2 aromatic carbocycles. The maximum atomic E-state index is 13.8. The van der Waals surface area contributed by atoms with Crippen LogP contribution in [0.3, 0.4) is 0 Å². The van der Waals surface area contributed by atoms with E-state index >= 15 is 0 Å². The monoisotopic (exact) mass is 556 g/mol. The summed E-state index contributed by atoms with van der Waals surface area (Å²) in [4.78, 5) is 6.19. The summed E-state index contributed by atoms with van der Waals surface area (Å²) in [7, 11) is 0. The molecule has 6 nitrogen and oxygen atoms in total. The summed E-state index contributed by atoms with van der Waals surface area (Å²) >= 11 is 1.41. The molecule has 0 spiro atoms. The number of nitrogens with one attached hydrogen (secondary N) is 3. The summed E-state index contributed by atoms with van der Waals surface area (Å²) in [5.41, 5.74) is 8.32. The summed E-state index contributed by atoms with van der Waals surface area (Å²) < 4.78 is 41.5. The number of benzene rings is 2. The van der Waals surface area contributed by atoms with Crippen molar-refractivity contribution in [2.45, 2.75) is 60.8 Å². The molecule has 3 aliphatic heterocycles. The molecular weight excluding hydrogens is 521 g/mol. The Bertz CT molecular complexity index is 1080. The van der Waals surface area contributed by atoms with Gasteiger partial charge in [0.1, 0.15) is 0 Å². The number of rotatable bonds is 5. The maximum Gasteiger partial charge on any atom is 0.416 e. The molecule has 37 heavy (non-hydrogen) atoms. The van der Waals surface area contributed by atoms with Crippen LogP contribution >= 0.6 is 24.2 Å². The van der Waals surface area contributed by atoms with Crippen LogP contribution in [0, 0.1) is 0 Å². The first kappa shape index (κ1) is 28.2. The third kappa shape index (κ3) is 6.42. The van der Waals surface area contributed by atoms with Crippen LogP contribution < -0.4 is 26.6 Å². The van der Waals surface area contributed by atoms with Crippen molar-refractivity contribution in [1.29, 1.82) is 0 Å². The van der Waals surface area contributed by atoms with Gasteiger partial charge in [0.15, 0.2) is 0 Å². The topological polar surface area (TPSA) is 68.6 Å². The van der Waals surface area contributed by atoms with Crippen molar-refractivity contribution in [1.82, 2.24) is 10.2 Å². The Morgan fingerprint density at radius 3 is 2.41 bits per heavy atom. The number of piperidine rings is 1. The summed E-state index contributed by atoms with van der Waals surface area (Å²) in [6.45, 7) is 9.40.